The summed E-state index contributed by atoms with van der Waals surface area (Å²) in [5.74, 6) is 0. The molecule has 0 N–H and O–H groups in total. The van der Waals surface area contributed by atoms with E-state index in [2.05, 4.69) is 4.98 Å². The maximum absolute atomic E-state index is 8.43. The van der Waals surface area contributed by atoms with Crippen LogP contribution in [0.15, 0.2) is 24.4 Å². The van der Waals surface area contributed by atoms with Crippen LogP contribution in [0.2, 0.25) is 0 Å². The van der Waals surface area contributed by atoms with E-state index in [1.54, 1.807) is 0 Å². The molecule has 0 aliphatic carbocycles. The van der Waals surface area contributed by atoms with Crippen molar-refractivity contribution in [2.24, 2.45) is 0 Å². The Morgan fingerprint density at radius 3 is 3.92 bits per heavy atom. The van der Waals surface area contributed by atoms with E-state index in [0.717, 1.165) is 0 Å². The predicted molar refractivity (Wildman–Crippen MR) is 48.8 cm³/mol. The van der Waals surface area contributed by atoms with Crippen molar-refractivity contribution in [2.45, 2.75) is 18.9 Å². The third-order valence-corrected chi connectivity index (χ3v) is 1.74. The Morgan fingerprint density at radius 2 is 3.00 bits per heavy atom. The van der Waals surface area contributed by atoms with Gasteiger partial charge in [-0.3, -0.25) is 9.88 Å². The van der Waals surface area contributed by atoms with Crippen molar-refractivity contribution in [3.05, 3.63) is 30.0 Å². The summed E-state index contributed by atoms with van der Waals surface area (Å²) in [6.07, 6.45) is -1.05. The molecule has 1 aliphatic rings. The molecule has 64 valence electrons. The second-order valence-electron chi connectivity index (χ2n) is 2.50. The highest BCUT2D eigenvalue weighted by molar-refractivity contribution is 5.14. The lowest BCUT2D eigenvalue weighted by atomic mass is 10.1. The van der Waals surface area contributed by atoms with Gasteiger partial charge in [0.15, 0.2) is 0 Å². The number of pyridine rings is 1. The topological polar surface area (TPSA) is 16.1 Å². The molecule has 0 bridgehead atoms. The van der Waals surface area contributed by atoms with E-state index >= 15 is 0 Å². The SMILES string of the molecule is [2H]c1nc([2H])c(C2([2H])CCC([2H])N2C([2H])([2H])[2H])c([2H])c1[2H]. The lowest BCUT2D eigenvalue weighted by Gasteiger charge is -2.18. The summed E-state index contributed by atoms with van der Waals surface area (Å²) in [5.41, 5.74) is -0.325. The standard InChI is InChI=1S/C10H14N2/c1-12-7-3-5-10(12)9-4-2-6-11-8-9/h2,4,6,8,10H,3,5,7H2,1H3/i1D3,2D,4D,6D,7D,8D,10D. The molecule has 0 spiro atoms. The summed E-state index contributed by atoms with van der Waals surface area (Å²) >= 11 is 0. The van der Waals surface area contributed by atoms with Gasteiger partial charge in [0.05, 0.1) is 6.85 Å². The third kappa shape index (κ3) is 1.34. The lowest BCUT2D eigenvalue weighted by molar-refractivity contribution is 0.317. The third-order valence-electron chi connectivity index (χ3n) is 1.74. The summed E-state index contributed by atoms with van der Waals surface area (Å²) in [7, 11) is 0. The molecule has 2 atom stereocenters. The first kappa shape index (κ1) is 2.55. The molecule has 0 amide bonds. The van der Waals surface area contributed by atoms with Crippen molar-refractivity contribution in [2.75, 3.05) is 13.5 Å². The minimum absolute atomic E-state index is 0.0458. The average Bonchev–Trinajstić information content (AvgIpc) is 2.62. The Morgan fingerprint density at radius 1 is 2.00 bits per heavy atom. The molecule has 1 saturated heterocycles. The quantitative estimate of drug-likeness (QED) is 0.641. The second kappa shape index (κ2) is 3.23. The number of aromatic nitrogens is 1. The van der Waals surface area contributed by atoms with Gasteiger partial charge in [0, 0.05) is 23.8 Å². The van der Waals surface area contributed by atoms with Crippen molar-refractivity contribution in [1.82, 2.24) is 9.88 Å². The Labute approximate surface area is 85.9 Å². The molecule has 2 nitrogen and oxygen atoms in total. The summed E-state index contributed by atoms with van der Waals surface area (Å²) in [6, 6.07) is -3.08. The smallest absolute Gasteiger partial charge is 0.0843 e. The van der Waals surface area contributed by atoms with E-state index in [1.165, 1.54) is 0 Å². The zero-order valence-electron chi connectivity index (χ0n) is 15.4. The van der Waals surface area contributed by atoms with Gasteiger partial charge in [-0.2, -0.15) is 0 Å². The Hall–Kier alpha value is -0.890. The van der Waals surface area contributed by atoms with Crippen LogP contribution >= 0.6 is 0 Å². The minimum atomic E-state index is -2.73. The van der Waals surface area contributed by atoms with Gasteiger partial charge in [0.2, 0.25) is 0 Å². The minimum Gasteiger partial charge on any atom is -0.299 e. The van der Waals surface area contributed by atoms with Crippen LogP contribution < -0.4 is 0 Å². The van der Waals surface area contributed by atoms with Gasteiger partial charge in [0.1, 0.15) is 0 Å². The number of hydrogen-bond acceptors (Lipinski definition) is 2. The van der Waals surface area contributed by atoms with Gasteiger partial charge in [-0.25, -0.2) is 0 Å². The van der Waals surface area contributed by atoms with E-state index in [4.69, 9.17) is 12.3 Å². The van der Waals surface area contributed by atoms with Crippen LogP contribution in [0.4, 0.5) is 0 Å². The summed E-state index contributed by atoms with van der Waals surface area (Å²) in [4.78, 5) is 4.16. The average molecular weight is 171 g/mol. The highest BCUT2D eigenvalue weighted by Gasteiger charge is 2.21. The van der Waals surface area contributed by atoms with Gasteiger partial charge in [-0.15, -0.1) is 0 Å². The lowest BCUT2D eigenvalue weighted by Crippen LogP contribution is -2.17. The molecule has 1 aliphatic heterocycles. The van der Waals surface area contributed by atoms with Crippen LogP contribution in [0.25, 0.3) is 0 Å². The molecule has 2 heterocycles. The van der Waals surface area contributed by atoms with Crippen LogP contribution in [0.1, 0.15) is 36.8 Å². The fraction of sp³-hybridized carbons (Fsp3) is 0.500. The number of nitrogens with zero attached hydrogens (tertiary/aromatic N) is 2. The van der Waals surface area contributed by atoms with Crippen LogP contribution in [0.5, 0.6) is 0 Å². The molecular formula is C10H14N2. The molecular weight excluding hydrogens is 148 g/mol. The molecule has 0 aromatic carbocycles. The van der Waals surface area contributed by atoms with Crippen molar-refractivity contribution in [3.63, 3.8) is 0 Å². The van der Waals surface area contributed by atoms with E-state index < -0.39 is 43.9 Å². The molecule has 0 radical (unpaired) electrons. The Kier molecular flexibility index (Phi) is 0.687. The molecule has 1 aromatic rings. The molecule has 2 unspecified atom stereocenters. The van der Waals surface area contributed by atoms with Gasteiger partial charge in [-0.1, -0.05) is 6.04 Å². The molecule has 1 fully saturated rings. The van der Waals surface area contributed by atoms with Crippen molar-refractivity contribution in [3.8, 4) is 0 Å². The highest BCUT2D eigenvalue weighted by atomic mass is 15.1. The van der Waals surface area contributed by atoms with Crippen LogP contribution in [0.3, 0.4) is 0 Å². The van der Waals surface area contributed by atoms with E-state index in [1.807, 2.05) is 0 Å². The second-order valence-corrected chi connectivity index (χ2v) is 2.50. The number of rotatable bonds is 1. The summed E-state index contributed by atoms with van der Waals surface area (Å²) in [6.45, 7) is -3.88. The summed E-state index contributed by atoms with van der Waals surface area (Å²) in [5, 5.41) is 0. The van der Waals surface area contributed by atoms with Crippen LogP contribution in [-0.4, -0.2) is 23.4 Å². The first-order chi connectivity index (χ1) is 9.50. The monoisotopic (exact) mass is 171 g/mol. The van der Waals surface area contributed by atoms with Gasteiger partial charge < -0.3 is 0 Å². The zero-order valence-corrected chi connectivity index (χ0v) is 6.39. The Balaban J connectivity index is 2.67. The fourth-order valence-electron chi connectivity index (χ4n) is 1.17. The Bertz CT molecular complexity index is 573. The van der Waals surface area contributed by atoms with E-state index in [0.29, 0.717) is 4.90 Å². The first-order valence-electron chi connectivity index (χ1n) is 8.24. The van der Waals surface area contributed by atoms with Crippen molar-refractivity contribution in [1.29, 1.82) is 0 Å². The first-order valence-corrected chi connectivity index (χ1v) is 3.66. The van der Waals surface area contributed by atoms with E-state index in [9.17, 15) is 0 Å². The highest BCUT2D eigenvalue weighted by Crippen LogP contribution is 2.29. The maximum atomic E-state index is 8.43. The maximum Gasteiger partial charge on any atom is 0.0843 e. The van der Waals surface area contributed by atoms with Gasteiger partial charge in [0.25, 0.3) is 0 Å². The van der Waals surface area contributed by atoms with Crippen molar-refractivity contribution < 1.29 is 12.3 Å². The number of likely N-dealkylation sites (tertiary alicyclic amines) is 1. The molecule has 0 saturated carbocycles. The van der Waals surface area contributed by atoms with Crippen LogP contribution in [-0.2, 0) is 0 Å². The van der Waals surface area contributed by atoms with Crippen molar-refractivity contribution >= 4 is 0 Å². The fourth-order valence-corrected chi connectivity index (χ4v) is 1.17. The van der Waals surface area contributed by atoms with Crippen LogP contribution in [0, 0.1) is 0 Å². The zero-order chi connectivity index (χ0) is 16.2. The van der Waals surface area contributed by atoms with E-state index in [-0.39, 0.29) is 18.4 Å². The number of hydrogen-bond donors (Lipinski definition) is 0. The normalized spacial score (nSPS) is 48.7. The molecule has 12 heavy (non-hydrogen) atoms. The molecule has 1 aromatic heterocycles. The van der Waals surface area contributed by atoms with Gasteiger partial charge in [-0.05, 0) is 37.9 Å². The van der Waals surface area contributed by atoms with Gasteiger partial charge >= 0.3 is 0 Å². The molecule has 2 rings (SSSR count). The largest absolute Gasteiger partial charge is 0.299 e. The predicted octanol–water partition coefficient (Wildman–Crippen LogP) is 1.85. The summed E-state index contributed by atoms with van der Waals surface area (Å²) < 4.78 is 69.3. The molecule has 2 heteroatoms.